The summed E-state index contributed by atoms with van der Waals surface area (Å²) < 4.78 is 2.27. The van der Waals surface area contributed by atoms with Gasteiger partial charge in [-0.2, -0.15) is 0 Å². The number of halogens is 2. The predicted octanol–water partition coefficient (Wildman–Crippen LogP) is 4.75. The van der Waals surface area contributed by atoms with Crippen LogP contribution < -0.4 is 0 Å². The summed E-state index contributed by atoms with van der Waals surface area (Å²) in [7, 11) is 4.18. The Balaban J connectivity index is 2.69. The van der Waals surface area contributed by atoms with Crippen LogP contribution in [0.2, 0.25) is 5.02 Å². The topological polar surface area (TPSA) is 21.1 Å². The van der Waals surface area contributed by atoms with E-state index >= 15 is 0 Å². The quantitative estimate of drug-likeness (QED) is 0.739. The lowest BCUT2D eigenvalue weighted by Gasteiger charge is -2.28. The summed E-state index contributed by atoms with van der Waals surface area (Å²) in [4.78, 5) is 6.90. The van der Waals surface area contributed by atoms with Crippen LogP contribution in [0.5, 0.6) is 0 Å². The first-order chi connectivity index (χ1) is 9.82. The number of para-hydroxylation sites is 1. The minimum absolute atomic E-state index is 0.156. The maximum Gasteiger partial charge on any atom is 0.128 e. The van der Waals surface area contributed by atoms with Crippen LogP contribution >= 0.6 is 23.2 Å². The molecule has 3 nitrogen and oxygen atoms in total. The average molecular weight is 328 g/mol. The van der Waals surface area contributed by atoms with Gasteiger partial charge in [0.2, 0.25) is 0 Å². The van der Waals surface area contributed by atoms with Crippen molar-refractivity contribution in [3.8, 4) is 0 Å². The SMILES string of the molecule is CC(Cl)c1nc2c(Cl)cccc2n1C(CN(C)C)C(C)C. The lowest BCUT2D eigenvalue weighted by Crippen LogP contribution is -2.29. The molecule has 0 amide bonds. The van der Waals surface area contributed by atoms with Gasteiger partial charge in [0, 0.05) is 6.54 Å². The summed E-state index contributed by atoms with van der Waals surface area (Å²) in [6, 6.07) is 6.22. The molecule has 1 aromatic heterocycles. The number of aromatic nitrogens is 2. The zero-order chi connectivity index (χ0) is 15.7. The number of nitrogens with zero attached hydrogens (tertiary/aromatic N) is 3. The van der Waals surface area contributed by atoms with Crippen LogP contribution in [0, 0.1) is 5.92 Å². The minimum Gasteiger partial charge on any atom is -0.322 e. The first kappa shape index (κ1) is 16.6. The van der Waals surface area contributed by atoms with Crippen LogP contribution in [0.3, 0.4) is 0 Å². The highest BCUT2D eigenvalue weighted by atomic mass is 35.5. The average Bonchev–Trinajstić information content (AvgIpc) is 2.76. The van der Waals surface area contributed by atoms with E-state index in [4.69, 9.17) is 28.2 Å². The molecule has 1 heterocycles. The van der Waals surface area contributed by atoms with E-state index in [9.17, 15) is 0 Å². The van der Waals surface area contributed by atoms with Gasteiger partial charge in [0.05, 0.1) is 22.0 Å². The van der Waals surface area contributed by atoms with Gasteiger partial charge in [-0.1, -0.05) is 31.5 Å². The molecule has 2 rings (SSSR count). The Bertz CT molecular complexity index is 617. The first-order valence-corrected chi connectivity index (χ1v) is 8.09. The van der Waals surface area contributed by atoms with Gasteiger partial charge in [-0.05, 0) is 39.1 Å². The molecule has 2 aromatic rings. The number of imidazole rings is 1. The van der Waals surface area contributed by atoms with Crippen LogP contribution in [-0.2, 0) is 0 Å². The van der Waals surface area contributed by atoms with E-state index in [1.807, 2.05) is 19.1 Å². The fourth-order valence-electron chi connectivity index (χ4n) is 2.69. The van der Waals surface area contributed by atoms with Crippen LogP contribution in [0.4, 0.5) is 0 Å². The van der Waals surface area contributed by atoms with E-state index < -0.39 is 0 Å². The second-order valence-corrected chi connectivity index (χ2v) is 7.20. The number of hydrogen-bond donors (Lipinski definition) is 0. The number of rotatable bonds is 5. The van der Waals surface area contributed by atoms with Crippen molar-refractivity contribution < 1.29 is 0 Å². The van der Waals surface area contributed by atoms with Crippen LogP contribution in [-0.4, -0.2) is 35.1 Å². The highest BCUT2D eigenvalue weighted by Gasteiger charge is 2.25. The van der Waals surface area contributed by atoms with E-state index in [0.717, 1.165) is 23.4 Å². The van der Waals surface area contributed by atoms with E-state index in [-0.39, 0.29) is 5.38 Å². The predicted molar refractivity (Wildman–Crippen MR) is 91.4 cm³/mol. The molecule has 0 bridgehead atoms. The summed E-state index contributed by atoms with van der Waals surface area (Å²) >= 11 is 12.7. The highest BCUT2D eigenvalue weighted by Crippen LogP contribution is 2.33. The molecule has 21 heavy (non-hydrogen) atoms. The molecule has 116 valence electrons. The van der Waals surface area contributed by atoms with Crippen LogP contribution in [0.25, 0.3) is 11.0 Å². The Morgan fingerprint density at radius 2 is 1.90 bits per heavy atom. The van der Waals surface area contributed by atoms with Crippen molar-refractivity contribution in [2.75, 3.05) is 20.6 Å². The molecule has 2 atom stereocenters. The Morgan fingerprint density at radius 1 is 1.24 bits per heavy atom. The molecule has 0 radical (unpaired) electrons. The van der Waals surface area contributed by atoms with Gasteiger partial charge in [-0.25, -0.2) is 4.98 Å². The number of alkyl halides is 1. The second-order valence-electron chi connectivity index (χ2n) is 6.14. The van der Waals surface area contributed by atoms with E-state index in [1.54, 1.807) is 0 Å². The van der Waals surface area contributed by atoms with Crippen molar-refractivity contribution in [2.45, 2.75) is 32.2 Å². The van der Waals surface area contributed by atoms with Gasteiger partial charge in [-0.15, -0.1) is 11.6 Å². The zero-order valence-electron chi connectivity index (χ0n) is 13.3. The van der Waals surface area contributed by atoms with Crippen molar-refractivity contribution in [3.05, 3.63) is 29.0 Å². The van der Waals surface area contributed by atoms with Crippen molar-refractivity contribution in [1.82, 2.24) is 14.5 Å². The Morgan fingerprint density at radius 3 is 2.43 bits per heavy atom. The summed E-state index contributed by atoms with van der Waals surface area (Å²) in [5.74, 6) is 1.36. The van der Waals surface area contributed by atoms with Crippen LogP contribution in [0.1, 0.15) is 38.0 Å². The van der Waals surface area contributed by atoms with Crippen LogP contribution in [0.15, 0.2) is 18.2 Å². The van der Waals surface area contributed by atoms with Gasteiger partial charge in [-0.3, -0.25) is 0 Å². The Hall–Kier alpha value is -0.770. The van der Waals surface area contributed by atoms with Gasteiger partial charge in [0.1, 0.15) is 11.3 Å². The van der Waals surface area contributed by atoms with Gasteiger partial charge < -0.3 is 9.47 Å². The number of fused-ring (bicyclic) bond motifs is 1. The van der Waals surface area contributed by atoms with Crippen molar-refractivity contribution in [1.29, 1.82) is 0 Å². The second kappa shape index (κ2) is 6.55. The molecule has 0 saturated carbocycles. The molecule has 0 N–H and O–H groups in total. The molecule has 0 saturated heterocycles. The maximum atomic E-state index is 6.38. The van der Waals surface area contributed by atoms with E-state index in [0.29, 0.717) is 17.0 Å². The Kier molecular flexibility index (Phi) is 5.18. The molecule has 0 fully saturated rings. The maximum absolute atomic E-state index is 6.38. The lowest BCUT2D eigenvalue weighted by molar-refractivity contribution is 0.269. The third-order valence-electron chi connectivity index (χ3n) is 3.71. The fraction of sp³-hybridized carbons (Fsp3) is 0.562. The standard InChI is InChI=1S/C16H23Cl2N3/c1-10(2)14(9-20(4)5)21-13-8-6-7-12(18)15(13)19-16(21)11(3)17/h6-8,10-11,14H,9H2,1-5H3. The third-order valence-corrected chi connectivity index (χ3v) is 4.21. The monoisotopic (exact) mass is 327 g/mol. The van der Waals surface area contributed by atoms with Crippen molar-refractivity contribution >= 4 is 34.2 Å². The van der Waals surface area contributed by atoms with Crippen molar-refractivity contribution in [3.63, 3.8) is 0 Å². The minimum atomic E-state index is -0.156. The molecule has 0 aliphatic carbocycles. The Labute approximate surface area is 136 Å². The molecular weight excluding hydrogens is 305 g/mol. The third kappa shape index (κ3) is 3.36. The van der Waals surface area contributed by atoms with Gasteiger partial charge in [0.15, 0.2) is 0 Å². The van der Waals surface area contributed by atoms with Gasteiger partial charge in [0.25, 0.3) is 0 Å². The lowest BCUT2D eigenvalue weighted by atomic mass is 10.0. The largest absolute Gasteiger partial charge is 0.322 e. The normalized spacial score (nSPS) is 15.1. The molecule has 1 aromatic carbocycles. The van der Waals surface area contributed by atoms with Crippen molar-refractivity contribution in [2.24, 2.45) is 5.92 Å². The summed E-state index contributed by atoms with van der Waals surface area (Å²) in [5.41, 5.74) is 1.90. The number of benzene rings is 1. The zero-order valence-corrected chi connectivity index (χ0v) is 14.8. The molecular formula is C16H23Cl2N3. The fourth-order valence-corrected chi connectivity index (χ4v) is 3.06. The molecule has 0 spiro atoms. The summed E-state index contributed by atoms with van der Waals surface area (Å²) in [5, 5.41) is 0.522. The number of hydrogen-bond acceptors (Lipinski definition) is 2. The summed E-state index contributed by atoms with van der Waals surface area (Å²) in [6.07, 6.45) is 0. The molecule has 5 heteroatoms. The summed E-state index contributed by atoms with van der Waals surface area (Å²) in [6.45, 7) is 7.35. The number of likely N-dealkylation sites (N-methyl/N-ethyl adjacent to an activating group) is 1. The first-order valence-electron chi connectivity index (χ1n) is 7.28. The van der Waals surface area contributed by atoms with E-state index in [1.165, 1.54) is 0 Å². The molecule has 2 unspecified atom stereocenters. The highest BCUT2D eigenvalue weighted by molar-refractivity contribution is 6.35. The molecule has 0 aliphatic heterocycles. The smallest absolute Gasteiger partial charge is 0.128 e. The van der Waals surface area contributed by atoms with Gasteiger partial charge >= 0.3 is 0 Å². The molecule has 0 aliphatic rings. The van der Waals surface area contributed by atoms with E-state index in [2.05, 4.69) is 43.5 Å².